The minimum Gasteiger partial charge on any atom is -0.726 e. The van der Waals surface area contributed by atoms with E-state index in [-0.39, 0.29) is 12.1 Å². The van der Waals surface area contributed by atoms with Gasteiger partial charge in [0.1, 0.15) is 35.8 Å². The van der Waals surface area contributed by atoms with Crippen molar-refractivity contribution in [1.29, 1.82) is 0 Å². The topological polar surface area (TPSA) is 116 Å². The van der Waals surface area contributed by atoms with Crippen LogP contribution in [0, 0.1) is 0 Å². The molecule has 1 N–H and O–H groups in total. The number of ether oxygens (including phenoxy) is 2. The Kier molecular flexibility index (Phi) is 5.01. The molecule has 4 aliphatic rings. The summed E-state index contributed by atoms with van der Waals surface area (Å²) in [7, 11) is -0.318. The summed E-state index contributed by atoms with van der Waals surface area (Å²) in [5.41, 5.74) is 3.67. The number of nitrogens with zero attached hydrogens (tertiary/aromatic N) is 1. The molecule has 3 heterocycles. The summed E-state index contributed by atoms with van der Waals surface area (Å²) >= 11 is 0. The van der Waals surface area contributed by atoms with E-state index in [4.69, 9.17) is 27.0 Å². The molecule has 4 atom stereocenters. The predicted octanol–water partition coefficient (Wildman–Crippen LogP) is 2.28. The van der Waals surface area contributed by atoms with E-state index in [1.54, 1.807) is 0 Å². The molecule has 2 bridgehead atoms. The Hall–Kier alpha value is -2.30. The van der Waals surface area contributed by atoms with Gasteiger partial charge in [0.05, 0.1) is 14.1 Å². The first-order valence-corrected chi connectivity index (χ1v) is 12.4. The molecule has 0 spiro atoms. The summed E-state index contributed by atoms with van der Waals surface area (Å²) in [6, 6.07) is 17.4. The maximum absolute atomic E-state index is 13.6. The van der Waals surface area contributed by atoms with Crippen LogP contribution in [0.15, 0.2) is 48.5 Å². The van der Waals surface area contributed by atoms with E-state index in [9.17, 15) is 4.79 Å². The summed E-state index contributed by atoms with van der Waals surface area (Å²) in [5.74, 6) is -0.115. The monoisotopic (exact) mass is 473 g/mol. The lowest BCUT2D eigenvalue weighted by atomic mass is 9.80. The van der Waals surface area contributed by atoms with Gasteiger partial charge in [0.25, 0.3) is 0 Å². The van der Waals surface area contributed by atoms with Crippen molar-refractivity contribution in [3.8, 4) is 11.1 Å². The summed E-state index contributed by atoms with van der Waals surface area (Å²) in [5, 5.41) is 0. The van der Waals surface area contributed by atoms with Crippen molar-refractivity contribution in [3.05, 3.63) is 59.7 Å². The second-order valence-corrected chi connectivity index (χ2v) is 10.8. The number of fused-ring (bicyclic) bond motifs is 8. The quantitative estimate of drug-likeness (QED) is 0.234. The largest absolute Gasteiger partial charge is 0.726 e. The summed E-state index contributed by atoms with van der Waals surface area (Å²) < 4.78 is 45.9. The molecule has 0 saturated carbocycles. The van der Waals surface area contributed by atoms with Gasteiger partial charge >= 0.3 is 5.97 Å². The minimum atomic E-state index is -4.92. The molecular weight excluding hydrogens is 446 g/mol. The number of carbonyl (C=O) groups excluding carboxylic acids is 1. The molecule has 0 amide bonds. The zero-order valence-corrected chi connectivity index (χ0v) is 19.5. The maximum atomic E-state index is 13.6. The average Bonchev–Trinajstić information content (AvgIpc) is 3.45. The predicted molar refractivity (Wildman–Crippen MR) is 118 cm³/mol. The fraction of sp³-hybridized carbons (Fsp3) is 0.458. The summed E-state index contributed by atoms with van der Waals surface area (Å²) in [6.45, 7) is 2.03. The number of likely N-dealkylation sites (N-methyl/N-ethyl adjacent to an activating group) is 1. The maximum Gasteiger partial charge on any atom is 0.321 e. The zero-order chi connectivity index (χ0) is 23.8. The van der Waals surface area contributed by atoms with E-state index in [2.05, 4.69) is 38.4 Å². The minimum absolute atomic E-state index is 0.0122. The number of morpholine rings is 1. The van der Waals surface area contributed by atoms with E-state index in [0.29, 0.717) is 24.3 Å². The van der Waals surface area contributed by atoms with Crippen molar-refractivity contribution < 1.29 is 36.3 Å². The van der Waals surface area contributed by atoms with Crippen molar-refractivity contribution in [2.45, 2.75) is 55.6 Å². The van der Waals surface area contributed by atoms with Crippen LogP contribution < -0.4 is 0 Å². The zero-order valence-electron chi connectivity index (χ0n) is 18.7. The van der Waals surface area contributed by atoms with Gasteiger partial charge in [-0.1, -0.05) is 48.5 Å². The standard InChI is InChI=1S/C24H26NO3.H2O4S/c1-24(17-10-6-4-8-15(17)16-9-5-7-11-18(16)24)23(26)27-14-12-19-21-22(28-21)20(13-14)25(19,2)3;1-5(2,3)4/h4-11,14,19-22H,12-13H2,1-3H3;(H2,1,2,3,4)/q+1;/p-1. The Balaban J connectivity index is 0.000000416. The van der Waals surface area contributed by atoms with Crippen LogP contribution >= 0.6 is 0 Å². The Bertz CT molecular complexity index is 1150. The number of piperidine rings is 1. The van der Waals surface area contributed by atoms with Crippen LogP contribution in [-0.2, 0) is 30.1 Å². The highest BCUT2D eigenvalue weighted by Gasteiger charge is 2.71. The van der Waals surface area contributed by atoms with E-state index in [0.717, 1.165) is 39.6 Å². The van der Waals surface area contributed by atoms with Crippen molar-refractivity contribution >= 4 is 16.4 Å². The highest BCUT2D eigenvalue weighted by Crippen LogP contribution is 2.53. The molecule has 176 valence electrons. The van der Waals surface area contributed by atoms with Gasteiger partial charge < -0.3 is 18.5 Å². The molecule has 2 aromatic carbocycles. The highest BCUT2D eigenvalue weighted by molar-refractivity contribution is 7.79. The average molecular weight is 474 g/mol. The smallest absolute Gasteiger partial charge is 0.321 e. The number of rotatable bonds is 2. The van der Waals surface area contributed by atoms with Crippen molar-refractivity contribution in [2.75, 3.05) is 14.1 Å². The number of hydrogen-bond acceptors (Lipinski definition) is 6. The third kappa shape index (κ3) is 3.59. The molecule has 33 heavy (non-hydrogen) atoms. The van der Waals surface area contributed by atoms with Crippen LogP contribution in [-0.4, -0.2) is 72.5 Å². The molecule has 3 saturated heterocycles. The van der Waals surface area contributed by atoms with Gasteiger partial charge in [0.15, 0.2) is 0 Å². The third-order valence-corrected chi connectivity index (χ3v) is 7.94. The van der Waals surface area contributed by atoms with Crippen molar-refractivity contribution in [2.24, 2.45) is 0 Å². The fourth-order valence-corrected chi connectivity index (χ4v) is 6.24. The van der Waals surface area contributed by atoms with Crippen LogP contribution in [0.4, 0.5) is 0 Å². The van der Waals surface area contributed by atoms with E-state index < -0.39 is 15.8 Å². The number of benzene rings is 2. The van der Waals surface area contributed by atoms with Crippen molar-refractivity contribution in [3.63, 3.8) is 0 Å². The number of hydrogen-bond donors (Lipinski definition) is 1. The summed E-state index contributed by atoms with van der Waals surface area (Å²) in [4.78, 5) is 13.6. The lowest BCUT2D eigenvalue weighted by molar-refractivity contribution is -0.938. The third-order valence-electron chi connectivity index (χ3n) is 7.94. The number of carbonyl (C=O) groups is 1. The summed E-state index contributed by atoms with van der Waals surface area (Å²) in [6.07, 6.45) is 2.52. The van der Waals surface area contributed by atoms with Crippen LogP contribution in [0.25, 0.3) is 11.1 Å². The lowest BCUT2D eigenvalue weighted by Gasteiger charge is -2.45. The molecule has 3 aliphatic heterocycles. The molecule has 2 aromatic rings. The van der Waals surface area contributed by atoms with E-state index in [1.807, 2.05) is 31.2 Å². The Morgan fingerprint density at radius 3 is 1.91 bits per heavy atom. The van der Waals surface area contributed by atoms with Crippen LogP contribution in [0.1, 0.15) is 30.9 Å². The van der Waals surface area contributed by atoms with Gasteiger partial charge in [-0.05, 0) is 29.2 Å². The first kappa shape index (κ1) is 22.5. The number of epoxide rings is 1. The SMILES string of the molecule is CC1(C(=O)OC2CC3C4OC4C(C2)[N+]3(C)C)c2ccccc2-c2ccccc21.O=S(=O)([O-])O. The van der Waals surface area contributed by atoms with Gasteiger partial charge in [-0.3, -0.25) is 9.35 Å². The van der Waals surface area contributed by atoms with E-state index in [1.165, 1.54) is 0 Å². The second kappa shape index (κ2) is 7.35. The fourth-order valence-electron chi connectivity index (χ4n) is 6.24. The Morgan fingerprint density at radius 1 is 1.03 bits per heavy atom. The van der Waals surface area contributed by atoms with Crippen LogP contribution in [0.2, 0.25) is 0 Å². The lowest BCUT2D eigenvalue weighted by Crippen LogP contribution is -2.60. The van der Waals surface area contributed by atoms with E-state index >= 15 is 0 Å². The number of quaternary nitrogens is 1. The second-order valence-electron chi connectivity index (χ2n) is 9.97. The van der Waals surface area contributed by atoms with Gasteiger partial charge in [0, 0.05) is 12.8 Å². The Morgan fingerprint density at radius 2 is 1.45 bits per heavy atom. The number of esters is 1. The Labute approximate surface area is 193 Å². The molecular formula is C24H27NO7S. The molecule has 8 nitrogen and oxygen atoms in total. The first-order chi connectivity index (χ1) is 15.4. The molecule has 6 rings (SSSR count). The highest BCUT2D eigenvalue weighted by atomic mass is 32.3. The van der Waals surface area contributed by atoms with Crippen molar-refractivity contribution in [1.82, 2.24) is 0 Å². The molecule has 0 radical (unpaired) electrons. The molecule has 1 aliphatic carbocycles. The first-order valence-electron chi connectivity index (χ1n) is 11.0. The van der Waals surface area contributed by atoms with Gasteiger partial charge in [0.2, 0.25) is 10.4 Å². The molecule has 0 aromatic heterocycles. The van der Waals surface area contributed by atoms with Crippen LogP contribution in [0.3, 0.4) is 0 Å². The van der Waals surface area contributed by atoms with Crippen LogP contribution in [0.5, 0.6) is 0 Å². The molecule has 4 unspecified atom stereocenters. The van der Waals surface area contributed by atoms with Gasteiger partial charge in [-0.15, -0.1) is 0 Å². The van der Waals surface area contributed by atoms with Gasteiger partial charge in [-0.2, -0.15) is 0 Å². The van der Waals surface area contributed by atoms with Gasteiger partial charge in [-0.25, -0.2) is 8.42 Å². The normalized spacial score (nSPS) is 31.4. The molecule has 9 heteroatoms. The molecule has 3 fully saturated rings.